The maximum absolute atomic E-state index is 12.0. The molecule has 0 saturated carbocycles. The number of allylic oxidation sites excluding steroid dienone is 2. The molecule has 0 radical (unpaired) electrons. The van der Waals surface area contributed by atoms with Gasteiger partial charge in [-0.05, 0) is 19.3 Å². The van der Waals surface area contributed by atoms with Crippen molar-refractivity contribution in [1.29, 1.82) is 0 Å². The number of hydrogen-bond donors (Lipinski definition) is 1. The molecule has 0 aliphatic heterocycles. The standard InChI is InChI=1S/C12H21NO3/c1-13(8-11(14)9-16-2)12(15)10-6-4-3-5-7-10/h3-4,10-11,14H,5-9H2,1-2H3. The van der Waals surface area contributed by atoms with Crippen molar-refractivity contribution in [3.05, 3.63) is 12.2 Å². The lowest BCUT2D eigenvalue weighted by molar-refractivity contribution is -0.136. The molecule has 1 N–H and O–H groups in total. The van der Waals surface area contributed by atoms with Gasteiger partial charge in [-0.2, -0.15) is 0 Å². The van der Waals surface area contributed by atoms with E-state index in [1.54, 1.807) is 11.9 Å². The lowest BCUT2D eigenvalue weighted by Crippen LogP contribution is -2.39. The molecule has 0 aromatic rings. The van der Waals surface area contributed by atoms with Crippen LogP contribution in [0.25, 0.3) is 0 Å². The number of rotatable bonds is 5. The van der Waals surface area contributed by atoms with Crippen molar-refractivity contribution >= 4 is 5.91 Å². The Labute approximate surface area is 96.9 Å². The van der Waals surface area contributed by atoms with Gasteiger partial charge in [-0.25, -0.2) is 0 Å². The molecule has 1 rings (SSSR count). The van der Waals surface area contributed by atoms with E-state index in [-0.39, 0.29) is 18.4 Å². The predicted molar refractivity (Wildman–Crippen MR) is 62.0 cm³/mol. The predicted octanol–water partition coefficient (Wildman–Crippen LogP) is 0.808. The molecule has 0 bridgehead atoms. The summed E-state index contributed by atoms with van der Waals surface area (Å²) >= 11 is 0. The van der Waals surface area contributed by atoms with Crippen LogP contribution in [-0.2, 0) is 9.53 Å². The number of carbonyl (C=O) groups is 1. The molecule has 0 aromatic carbocycles. The Balaban J connectivity index is 2.37. The Morgan fingerprint density at radius 2 is 2.38 bits per heavy atom. The number of ether oxygens (including phenoxy) is 1. The first-order valence-corrected chi connectivity index (χ1v) is 5.72. The molecule has 4 nitrogen and oxygen atoms in total. The van der Waals surface area contributed by atoms with Gasteiger partial charge in [0.1, 0.15) is 0 Å². The molecule has 0 saturated heterocycles. The Morgan fingerprint density at radius 1 is 1.62 bits per heavy atom. The minimum Gasteiger partial charge on any atom is -0.389 e. The number of carbonyl (C=O) groups excluding carboxylic acids is 1. The maximum Gasteiger partial charge on any atom is 0.225 e. The van der Waals surface area contributed by atoms with Crippen LogP contribution >= 0.6 is 0 Å². The number of aliphatic hydroxyl groups is 1. The molecule has 4 heteroatoms. The molecule has 0 fully saturated rings. The first kappa shape index (κ1) is 13.2. The third kappa shape index (κ3) is 3.94. The molecule has 0 heterocycles. The van der Waals surface area contributed by atoms with Crippen molar-refractivity contribution in [1.82, 2.24) is 4.90 Å². The molecule has 0 spiro atoms. The molecule has 1 amide bonds. The molecule has 16 heavy (non-hydrogen) atoms. The van der Waals surface area contributed by atoms with Gasteiger partial charge in [-0.3, -0.25) is 4.79 Å². The second-order valence-corrected chi connectivity index (χ2v) is 4.31. The lowest BCUT2D eigenvalue weighted by Gasteiger charge is -2.26. The zero-order valence-corrected chi connectivity index (χ0v) is 10.1. The van der Waals surface area contributed by atoms with Gasteiger partial charge in [0.25, 0.3) is 0 Å². The molecule has 0 aromatic heterocycles. The summed E-state index contributed by atoms with van der Waals surface area (Å²) in [6.45, 7) is 0.606. The van der Waals surface area contributed by atoms with Crippen molar-refractivity contribution in [2.45, 2.75) is 25.4 Å². The van der Waals surface area contributed by atoms with Gasteiger partial charge in [0.05, 0.1) is 12.7 Å². The molecule has 2 unspecified atom stereocenters. The van der Waals surface area contributed by atoms with Crippen LogP contribution in [-0.4, -0.2) is 49.3 Å². The molecular weight excluding hydrogens is 206 g/mol. The quantitative estimate of drug-likeness (QED) is 0.707. The Morgan fingerprint density at radius 3 is 2.94 bits per heavy atom. The van der Waals surface area contributed by atoms with Crippen LogP contribution in [0.4, 0.5) is 0 Å². The molecule has 2 atom stereocenters. The summed E-state index contributed by atoms with van der Waals surface area (Å²) in [5, 5.41) is 9.53. The Bertz CT molecular complexity index is 253. The van der Waals surface area contributed by atoms with Crippen molar-refractivity contribution in [3.8, 4) is 0 Å². The fraction of sp³-hybridized carbons (Fsp3) is 0.750. The highest BCUT2D eigenvalue weighted by Gasteiger charge is 2.23. The first-order valence-electron chi connectivity index (χ1n) is 5.72. The summed E-state index contributed by atoms with van der Waals surface area (Å²) in [6, 6.07) is 0. The number of likely N-dealkylation sites (N-methyl/N-ethyl adjacent to an activating group) is 1. The van der Waals surface area contributed by atoms with Gasteiger partial charge in [-0.1, -0.05) is 12.2 Å². The molecule has 1 aliphatic rings. The summed E-state index contributed by atoms with van der Waals surface area (Å²) in [4.78, 5) is 13.6. The van der Waals surface area contributed by atoms with Gasteiger partial charge < -0.3 is 14.7 Å². The minimum absolute atomic E-state index is 0.0877. The topological polar surface area (TPSA) is 49.8 Å². The van der Waals surface area contributed by atoms with E-state index in [1.165, 1.54) is 7.11 Å². The van der Waals surface area contributed by atoms with E-state index < -0.39 is 6.10 Å². The monoisotopic (exact) mass is 227 g/mol. The zero-order valence-electron chi connectivity index (χ0n) is 10.1. The summed E-state index contributed by atoms with van der Waals surface area (Å²) in [5.41, 5.74) is 0. The van der Waals surface area contributed by atoms with E-state index in [2.05, 4.69) is 12.2 Å². The summed E-state index contributed by atoms with van der Waals surface area (Å²) in [5.74, 6) is 0.212. The van der Waals surface area contributed by atoms with Crippen molar-refractivity contribution in [2.24, 2.45) is 5.92 Å². The summed E-state index contributed by atoms with van der Waals surface area (Å²) < 4.78 is 4.83. The number of hydrogen-bond acceptors (Lipinski definition) is 3. The molecule has 1 aliphatic carbocycles. The van der Waals surface area contributed by atoms with Crippen LogP contribution in [0.1, 0.15) is 19.3 Å². The summed E-state index contributed by atoms with van der Waals surface area (Å²) in [6.07, 6.45) is 6.29. The normalized spacial score (nSPS) is 21.8. The fourth-order valence-electron chi connectivity index (χ4n) is 1.98. The van der Waals surface area contributed by atoms with Crippen LogP contribution in [0.2, 0.25) is 0 Å². The third-order valence-corrected chi connectivity index (χ3v) is 2.84. The number of aliphatic hydroxyl groups excluding tert-OH is 1. The van der Waals surface area contributed by atoms with Crippen LogP contribution in [0.15, 0.2) is 12.2 Å². The van der Waals surface area contributed by atoms with Crippen LogP contribution in [0.3, 0.4) is 0 Å². The van der Waals surface area contributed by atoms with Crippen LogP contribution in [0, 0.1) is 5.92 Å². The van der Waals surface area contributed by atoms with E-state index in [0.29, 0.717) is 6.54 Å². The molecule has 92 valence electrons. The highest BCUT2D eigenvalue weighted by Crippen LogP contribution is 2.20. The average molecular weight is 227 g/mol. The van der Waals surface area contributed by atoms with Gasteiger partial charge in [0, 0.05) is 26.6 Å². The maximum atomic E-state index is 12.0. The van der Waals surface area contributed by atoms with Crippen molar-refractivity contribution < 1.29 is 14.6 Å². The molecular formula is C12H21NO3. The number of nitrogens with zero attached hydrogens (tertiary/aromatic N) is 1. The van der Waals surface area contributed by atoms with E-state index in [0.717, 1.165) is 19.3 Å². The second-order valence-electron chi connectivity index (χ2n) is 4.31. The average Bonchev–Trinajstić information content (AvgIpc) is 2.29. The van der Waals surface area contributed by atoms with E-state index in [1.807, 2.05) is 0 Å². The van der Waals surface area contributed by atoms with Gasteiger partial charge in [-0.15, -0.1) is 0 Å². The highest BCUT2D eigenvalue weighted by atomic mass is 16.5. The Hall–Kier alpha value is -0.870. The SMILES string of the molecule is COCC(O)CN(C)C(=O)C1CC=CCC1. The van der Waals surface area contributed by atoms with E-state index in [9.17, 15) is 9.90 Å². The third-order valence-electron chi connectivity index (χ3n) is 2.84. The van der Waals surface area contributed by atoms with Crippen molar-refractivity contribution in [2.75, 3.05) is 27.3 Å². The smallest absolute Gasteiger partial charge is 0.225 e. The van der Waals surface area contributed by atoms with Gasteiger partial charge in [0.2, 0.25) is 5.91 Å². The Kier molecular flexibility index (Phi) is 5.49. The van der Waals surface area contributed by atoms with E-state index >= 15 is 0 Å². The minimum atomic E-state index is -0.599. The van der Waals surface area contributed by atoms with Gasteiger partial charge >= 0.3 is 0 Å². The fourth-order valence-corrected chi connectivity index (χ4v) is 1.98. The lowest BCUT2D eigenvalue weighted by atomic mass is 9.93. The van der Waals surface area contributed by atoms with E-state index in [4.69, 9.17) is 4.74 Å². The van der Waals surface area contributed by atoms with Crippen LogP contribution < -0.4 is 0 Å². The largest absolute Gasteiger partial charge is 0.389 e. The summed E-state index contributed by atoms with van der Waals surface area (Å²) in [7, 11) is 3.27. The number of amides is 1. The number of methoxy groups -OCH3 is 1. The second kappa shape index (κ2) is 6.66. The van der Waals surface area contributed by atoms with Gasteiger partial charge in [0.15, 0.2) is 0 Å². The van der Waals surface area contributed by atoms with Crippen molar-refractivity contribution in [3.63, 3.8) is 0 Å². The van der Waals surface area contributed by atoms with Crippen LogP contribution in [0.5, 0.6) is 0 Å². The zero-order chi connectivity index (χ0) is 12.0. The highest BCUT2D eigenvalue weighted by molar-refractivity contribution is 5.78. The first-order chi connectivity index (χ1) is 7.65.